The van der Waals surface area contributed by atoms with Gasteiger partial charge >= 0.3 is 0 Å². The van der Waals surface area contributed by atoms with Crippen molar-refractivity contribution in [3.05, 3.63) is 54.1 Å². The predicted molar refractivity (Wildman–Crippen MR) is 102 cm³/mol. The van der Waals surface area contributed by atoms with Gasteiger partial charge in [0.1, 0.15) is 30.8 Å². The van der Waals surface area contributed by atoms with E-state index in [0.29, 0.717) is 12.6 Å². The Kier molecular flexibility index (Phi) is 5.46. The molecule has 1 saturated carbocycles. The van der Waals surface area contributed by atoms with Gasteiger partial charge in [-0.15, -0.1) is 0 Å². The number of aryl methyl sites for hydroxylation is 2. The average Bonchev–Trinajstić information content (AvgIpc) is 3.37. The second-order valence-corrected chi connectivity index (χ2v) is 7.09. The van der Waals surface area contributed by atoms with Gasteiger partial charge in [0.15, 0.2) is 5.82 Å². The molecule has 1 fully saturated rings. The molecule has 0 N–H and O–H groups in total. The summed E-state index contributed by atoms with van der Waals surface area (Å²) < 4.78 is 9.44. The highest BCUT2D eigenvalue weighted by Crippen LogP contribution is 2.29. The summed E-state index contributed by atoms with van der Waals surface area (Å²) in [4.78, 5) is 8.86. The van der Waals surface area contributed by atoms with Gasteiger partial charge in [0.25, 0.3) is 0 Å². The fourth-order valence-corrected chi connectivity index (χ4v) is 3.88. The quantitative estimate of drug-likeness (QED) is 0.642. The Labute approximate surface area is 159 Å². The Morgan fingerprint density at radius 1 is 1.11 bits per heavy atom. The molecule has 1 aliphatic carbocycles. The molecule has 0 amide bonds. The van der Waals surface area contributed by atoms with Crippen LogP contribution in [-0.2, 0) is 19.4 Å². The normalized spacial score (nSPS) is 15.1. The van der Waals surface area contributed by atoms with Gasteiger partial charge in [-0.05, 0) is 30.9 Å². The molecule has 142 valence electrons. The summed E-state index contributed by atoms with van der Waals surface area (Å²) in [7, 11) is 1.72. The summed E-state index contributed by atoms with van der Waals surface area (Å²) in [5.74, 6) is 2.80. The number of hydrogen-bond acceptors (Lipinski definition) is 5. The number of hydrogen-bond donors (Lipinski definition) is 0. The SMILES string of the molecule is COc1ccccc1CCc1nc(Cn2cncn2)nn1C1CCCCC1. The maximum atomic E-state index is 5.49. The number of ether oxygens (including phenoxy) is 1. The van der Waals surface area contributed by atoms with E-state index in [1.54, 1.807) is 24.4 Å². The fraction of sp³-hybridized carbons (Fsp3) is 0.500. The zero-order chi connectivity index (χ0) is 18.5. The molecule has 0 unspecified atom stereocenters. The lowest BCUT2D eigenvalue weighted by molar-refractivity contribution is 0.319. The highest BCUT2D eigenvalue weighted by atomic mass is 16.5. The smallest absolute Gasteiger partial charge is 0.172 e. The van der Waals surface area contributed by atoms with Gasteiger partial charge in [-0.2, -0.15) is 10.2 Å². The standard InChI is InChI=1S/C20H26N6O/c1-27-18-10-6-5-7-16(18)11-12-20-23-19(13-25-15-21-14-22-25)24-26(20)17-8-3-2-4-9-17/h5-7,10,14-15,17H,2-4,8-9,11-13H2,1H3. The van der Waals surface area contributed by atoms with Crippen molar-refractivity contribution in [2.24, 2.45) is 0 Å². The first kappa shape index (κ1) is 17.7. The Morgan fingerprint density at radius 2 is 1.96 bits per heavy atom. The third-order valence-electron chi connectivity index (χ3n) is 5.25. The van der Waals surface area contributed by atoms with E-state index in [4.69, 9.17) is 14.8 Å². The molecule has 0 spiro atoms. The van der Waals surface area contributed by atoms with Gasteiger partial charge in [-0.1, -0.05) is 37.5 Å². The average molecular weight is 366 g/mol. The van der Waals surface area contributed by atoms with Crippen molar-refractivity contribution in [1.82, 2.24) is 29.5 Å². The second-order valence-electron chi connectivity index (χ2n) is 7.09. The Morgan fingerprint density at radius 3 is 2.74 bits per heavy atom. The monoisotopic (exact) mass is 366 g/mol. The van der Waals surface area contributed by atoms with Crippen molar-refractivity contribution in [2.75, 3.05) is 7.11 Å². The minimum Gasteiger partial charge on any atom is -0.496 e. The first-order chi connectivity index (χ1) is 13.3. The van der Waals surface area contributed by atoms with Crippen LogP contribution in [0.5, 0.6) is 5.75 Å². The van der Waals surface area contributed by atoms with Crippen LogP contribution in [-0.4, -0.2) is 36.6 Å². The highest BCUT2D eigenvalue weighted by Gasteiger charge is 2.21. The van der Waals surface area contributed by atoms with Crippen LogP contribution in [0, 0.1) is 0 Å². The first-order valence-electron chi connectivity index (χ1n) is 9.72. The van der Waals surface area contributed by atoms with Crippen LogP contribution in [0.15, 0.2) is 36.9 Å². The first-order valence-corrected chi connectivity index (χ1v) is 9.72. The third-order valence-corrected chi connectivity index (χ3v) is 5.25. The molecule has 7 nitrogen and oxygen atoms in total. The number of rotatable bonds is 7. The van der Waals surface area contributed by atoms with E-state index >= 15 is 0 Å². The molecule has 0 saturated heterocycles. The Hall–Kier alpha value is -2.70. The van der Waals surface area contributed by atoms with Crippen LogP contribution in [0.4, 0.5) is 0 Å². The largest absolute Gasteiger partial charge is 0.496 e. The van der Waals surface area contributed by atoms with Crippen molar-refractivity contribution in [3.8, 4) is 5.75 Å². The fourth-order valence-electron chi connectivity index (χ4n) is 3.88. The molecule has 4 rings (SSSR count). The minimum atomic E-state index is 0.461. The topological polar surface area (TPSA) is 70.7 Å². The maximum Gasteiger partial charge on any atom is 0.172 e. The van der Waals surface area contributed by atoms with Gasteiger partial charge in [0, 0.05) is 6.42 Å². The van der Waals surface area contributed by atoms with Crippen molar-refractivity contribution >= 4 is 0 Å². The lowest BCUT2D eigenvalue weighted by Gasteiger charge is -2.23. The molecule has 7 heteroatoms. The number of nitrogens with zero attached hydrogens (tertiary/aromatic N) is 6. The van der Waals surface area contributed by atoms with Crippen molar-refractivity contribution in [3.63, 3.8) is 0 Å². The summed E-state index contributed by atoms with van der Waals surface area (Å²) in [5, 5.41) is 9.03. The van der Waals surface area contributed by atoms with E-state index < -0.39 is 0 Å². The number of methoxy groups -OCH3 is 1. The molecule has 0 atom stereocenters. The molecule has 0 aliphatic heterocycles. The van der Waals surface area contributed by atoms with E-state index in [0.717, 1.165) is 30.2 Å². The van der Waals surface area contributed by atoms with Crippen LogP contribution in [0.25, 0.3) is 0 Å². The zero-order valence-corrected chi connectivity index (χ0v) is 15.8. The highest BCUT2D eigenvalue weighted by molar-refractivity contribution is 5.33. The van der Waals surface area contributed by atoms with Gasteiger partial charge < -0.3 is 4.74 Å². The van der Waals surface area contributed by atoms with Crippen LogP contribution < -0.4 is 4.74 Å². The molecule has 0 radical (unpaired) electrons. The Bertz CT molecular complexity index is 851. The Balaban J connectivity index is 1.56. The molecule has 1 aliphatic rings. The van der Waals surface area contributed by atoms with E-state index in [2.05, 4.69) is 26.9 Å². The van der Waals surface area contributed by atoms with Crippen LogP contribution in [0.3, 0.4) is 0 Å². The summed E-state index contributed by atoms with van der Waals surface area (Å²) in [6.07, 6.45) is 11.2. The van der Waals surface area contributed by atoms with Crippen LogP contribution in [0.2, 0.25) is 0 Å². The third kappa shape index (κ3) is 4.18. The molecule has 27 heavy (non-hydrogen) atoms. The summed E-state index contributed by atoms with van der Waals surface area (Å²) in [6, 6.07) is 8.65. The summed E-state index contributed by atoms with van der Waals surface area (Å²) >= 11 is 0. The molecular formula is C20H26N6O. The van der Waals surface area contributed by atoms with Crippen LogP contribution in [0.1, 0.15) is 55.4 Å². The summed E-state index contributed by atoms with van der Waals surface area (Å²) in [6.45, 7) is 0.557. The van der Waals surface area contributed by atoms with E-state index in [1.807, 2.05) is 12.1 Å². The van der Waals surface area contributed by atoms with Crippen molar-refractivity contribution < 1.29 is 4.74 Å². The van der Waals surface area contributed by atoms with E-state index in [1.165, 1.54) is 37.7 Å². The van der Waals surface area contributed by atoms with E-state index in [9.17, 15) is 0 Å². The number of aromatic nitrogens is 6. The minimum absolute atomic E-state index is 0.461. The molecule has 2 aromatic heterocycles. The van der Waals surface area contributed by atoms with Gasteiger partial charge in [-0.3, -0.25) is 0 Å². The van der Waals surface area contributed by atoms with Crippen LogP contribution >= 0.6 is 0 Å². The summed E-state index contributed by atoms with van der Waals surface area (Å²) in [5.41, 5.74) is 1.20. The van der Waals surface area contributed by atoms with Crippen molar-refractivity contribution in [1.29, 1.82) is 0 Å². The lowest BCUT2D eigenvalue weighted by atomic mass is 9.95. The van der Waals surface area contributed by atoms with Gasteiger partial charge in [0.2, 0.25) is 0 Å². The van der Waals surface area contributed by atoms with Crippen molar-refractivity contribution in [2.45, 2.75) is 57.5 Å². The van der Waals surface area contributed by atoms with Gasteiger partial charge in [-0.25, -0.2) is 19.3 Å². The number of para-hydroxylation sites is 1. The maximum absolute atomic E-state index is 5.49. The molecule has 2 heterocycles. The lowest BCUT2D eigenvalue weighted by Crippen LogP contribution is -2.17. The van der Waals surface area contributed by atoms with E-state index in [-0.39, 0.29) is 0 Å². The molecule has 3 aromatic rings. The zero-order valence-electron chi connectivity index (χ0n) is 15.8. The number of benzene rings is 1. The molecule has 1 aromatic carbocycles. The second kappa shape index (κ2) is 8.33. The van der Waals surface area contributed by atoms with Gasteiger partial charge in [0.05, 0.1) is 13.2 Å². The molecule has 0 bridgehead atoms. The molecular weight excluding hydrogens is 340 g/mol. The predicted octanol–water partition coefficient (Wildman–Crippen LogP) is 3.22.